The zero-order chi connectivity index (χ0) is 8.10. The van der Waals surface area contributed by atoms with E-state index in [2.05, 4.69) is 0 Å². The number of hydrogen-bond donors (Lipinski definition) is 2. The van der Waals surface area contributed by atoms with Crippen molar-refractivity contribution < 1.29 is 10.4 Å². The molecule has 0 spiro atoms. The van der Waals surface area contributed by atoms with Gasteiger partial charge >= 0.3 is 0 Å². The van der Waals surface area contributed by atoms with Crippen LogP contribution < -0.4 is 5.32 Å². The highest BCUT2D eigenvalue weighted by Crippen LogP contribution is 2.09. The third-order valence-electron chi connectivity index (χ3n) is 1.37. The number of rotatable bonds is 2. The number of hydrogen-bond acceptors (Lipinski definition) is 1. The lowest BCUT2D eigenvalue weighted by Crippen LogP contribution is -2.72. The molecular formula is C9H12NO+. The Labute approximate surface area is 66.2 Å². The quantitative estimate of drug-likeness (QED) is 0.635. The van der Waals surface area contributed by atoms with Crippen molar-refractivity contribution in [2.45, 2.75) is 0 Å². The maximum absolute atomic E-state index is 8.95. The summed E-state index contributed by atoms with van der Waals surface area (Å²) in [5.74, 6) is 0.308. The Bertz CT molecular complexity index is 238. The number of quaternary nitrogens is 1. The summed E-state index contributed by atoms with van der Waals surface area (Å²) in [7, 11) is 1.97. The van der Waals surface area contributed by atoms with E-state index < -0.39 is 0 Å². The molecule has 0 unspecified atom stereocenters. The van der Waals surface area contributed by atoms with Crippen LogP contribution in [0.5, 0.6) is 5.75 Å². The van der Waals surface area contributed by atoms with Gasteiger partial charge in [0.1, 0.15) is 5.75 Å². The molecule has 0 heterocycles. The maximum atomic E-state index is 8.95. The predicted octanol–water partition coefficient (Wildman–Crippen LogP) is 0.556. The molecule has 0 fully saturated rings. The summed E-state index contributed by atoms with van der Waals surface area (Å²) in [6, 6.07) is 7.09. The third-order valence-corrected chi connectivity index (χ3v) is 1.37. The Kier molecular flexibility index (Phi) is 2.69. The van der Waals surface area contributed by atoms with E-state index in [1.54, 1.807) is 12.1 Å². The highest BCUT2D eigenvalue weighted by molar-refractivity contribution is 5.48. The molecular weight excluding hydrogens is 138 g/mol. The SMILES string of the molecule is C[NH2+]/C=C/c1ccc(O)cc1. The van der Waals surface area contributed by atoms with E-state index in [0.29, 0.717) is 5.75 Å². The summed E-state index contributed by atoms with van der Waals surface area (Å²) in [5.41, 5.74) is 1.10. The van der Waals surface area contributed by atoms with Crippen molar-refractivity contribution in [3.05, 3.63) is 36.0 Å². The lowest BCUT2D eigenvalue weighted by atomic mass is 10.2. The van der Waals surface area contributed by atoms with Crippen LogP contribution in [0.3, 0.4) is 0 Å². The molecule has 0 amide bonds. The highest BCUT2D eigenvalue weighted by Gasteiger charge is 1.86. The van der Waals surface area contributed by atoms with Crippen LogP contribution in [0.1, 0.15) is 5.56 Å². The Hall–Kier alpha value is -1.28. The molecule has 1 aromatic rings. The van der Waals surface area contributed by atoms with Crippen LogP contribution in [0.2, 0.25) is 0 Å². The minimum Gasteiger partial charge on any atom is -0.508 e. The van der Waals surface area contributed by atoms with Gasteiger partial charge in [0.05, 0.1) is 13.2 Å². The zero-order valence-electron chi connectivity index (χ0n) is 6.49. The molecule has 0 aliphatic rings. The molecule has 0 atom stereocenters. The Morgan fingerprint density at radius 3 is 2.45 bits per heavy atom. The van der Waals surface area contributed by atoms with Gasteiger partial charge in [0.25, 0.3) is 0 Å². The van der Waals surface area contributed by atoms with Gasteiger partial charge in [0.15, 0.2) is 0 Å². The largest absolute Gasteiger partial charge is 0.508 e. The van der Waals surface area contributed by atoms with Crippen LogP contribution in [0.4, 0.5) is 0 Å². The molecule has 0 bridgehead atoms. The molecule has 0 saturated carbocycles. The summed E-state index contributed by atoms with van der Waals surface area (Å²) in [4.78, 5) is 0. The summed E-state index contributed by atoms with van der Waals surface area (Å²) in [5, 5.41) is 10.9. The summed E-state index contributed by atoms with van der Waals surface area (Å²) in [6.07, 6.45) is 3.95. The second-order valence-corrected chi connectivity index (χ2v) is 2.28. The van der Waals surface area contributed by atoms with Crippen LogP contribution in [-0.4, -0.2) is 12.2 Å². The number of benzene rings is 1. The molecule has 2 nitrogen and oxygen atoms in total. The fraction of sp³-hybridized carbons (Fsp3) is 0.111. The van der Waals surface area contributed by atoms with Crippen molar-refractivity contribution in [3.8, 4) is 5.75 Å². The Morgan fingerprint density at radius 2 is 1.91 bits per heavy atom. The first-order valence-electron chi connectivity index (χ1n) is 3.58. The molecule has 0 aliphatic heterocycles. The van der Waals surface area contributed by atoms with Crippen LogP contribution in [0.25, 0.3) is 6.08 Å². The van der Waals surface area contributed by atoms with Crippen LogP contribution in [0, 0.1) is 0 Å². The fourth-order valence-electron chi connectivity index (χ4n) is 0.793. The standard InChI is InChI=1S/C9H11NO/c1-10-7-6-8-2-4-9(11)5-3-8/h2-7,10-11H,1H3/p+1/b7-6+. The molecule has 58 valence electrons. The van der Waals surface area contributed by atoms with Crippen molar-refractivity contribution in [2.75, 3.05) is 7.05 Å². The van der Waals surface area contributed by atoms with Gasteiger partial charge in [0, 0.05) is 0 Å². The van der Waals surface area contributed by atoms with Gasteiger partial charge in [-0.05, 0) is 23.8 Å². The third kappa shape index (κ3) is 2.43. The van der Waals surface area contributed by atoms with Crippen LogP contribution in [-0.2, 0) is 0 Å². The number of nitrogens with two attached hydrogens (primary N) is 1. The van der Waals surface area contributed by atoms with E-state index >= 15 is 0 Å². The second-order valence-electron chi connectivity index (χ2n) is 2.28. The first-order valence-corrected chi connectivity index (χ1v) is 3.58. The normalized spacial score (nSPS) is 10.6. The van der Waals surface area contributed by atoms with Gasteiger partial charge in [-0.1, -0.05) is 12.1 Å². The van der Waals surface area contributed by atoms with Gasteiger partial charge < -0.3 is 10.4 Å². The van der Waals surface area contributed by atoms with Gasteiger partial charge in [-0.3, -0.25) is 0 Å². The van der Waals surface area contributed by atoms with E-state index in [9.17, 15) is 0 Å². The van der Waals surface area contributed by atoms with Crippen molar-refractivity contribution in [2.24, 2.45) is 0 Å². The van der Waals surface area contributed by atoms with E-state index in [4.69, 9.17) is 5.11 Å². The fourth-order valence-corrected chi connectivity index (χ4v) is 0.793. The van der Waals surface area contributed by atoms with Gasteiger partial charge in [-0.25, -0.2) is 0 Å². The minimum atomic E-state index is 0.308. The van der Waals surface area contributed by atoms with Crippen molar-refractivity contribution in [1.29, 1.82) is 0 Å². The number of phenols is 1. The highest BCUT2D eigenvalue weighted by atomic mass is 16.3. The first kappa shape index (κ1) is 7.82. The van der Waals surface area contributed by atoms with E-state index in [0.717, 1.165) is 5.56 Å². The summed E-state index contributed by atoms with van der Waals surface area (Å²) in [6.45, 7) is 0. The van der Waals surface area contributed by atoms with E-state index in [-0.39, 0.29) is 0 Å². The molecule has 0 aromatic heterocycles. The van der Waals surface area contributed by atoms with E-state index in [1.165, 1.54) is 0 Å². The molecule has 0 saturated heterocycles. The topological polar surface area (TPSA) is 36.8 Å². The van der Waals surface area contributed by atoms with Crippen LogP contribution >= 0.6 is 0 Å². The van der Waals surface area contributed by atoms with Crippen LogP contribution in [0.15, 0.2) is 30.5 Å². The molecule has 1 aromatic carbocycles. The van der Waals surface area contributed by atoms with Gasteiger partial charge in [0.2, 0.25) is 0 Å². The van der Waals surface area contributed by atoms with Gasteiger partial charge in [-0.15, -0.1) is 0 Å². The first-order chi connectivity index (χ1) is 5.33. The van der Waals surface area contributed by atoms with E-state index in [1.807, 2.05) is 36.8 Å². The lowest BCUT2D eigenvalue weighted by molar-refractivity contribution is -0.555. The number of aromatic hydroxyl groups is 1. The molecule has 11 heavy (non-hydrogen) atoms. The monoisotopic (exact) mass is 150 g/mol. The average molecular weight is 150 g/mol. The molecule has 2 heteroatoms. The molecule has 1 rings (SSSR count). The molecule has 0 aliphatic carbocycles. The Balaban J connectivity index is 2.73. The zero-order valence-corrected chi connectivity index (χ0v) is 6.49. The van der Waals surface area contributed by atoms with Crippen molar-refractivity contribution in [1.82, 2.24) is 0 Å². The lowest BCUT2D eigenvalue weighted by Gasteiger charge is -1.91. The minimum absolute atomic E-state index is 0.308. The smallest absolute Gasteiger partial charge is 0.115 e. The molecule has 3 N–H and O–H groups in total. The number of phenolic OH excluding ortho intramolecular Hbond substituents is 1. The summed E-state index contributed by atoms with van der Waals surface area (Å²) < 4.78 is 0. The maximum Gasteiger partial charge on any atom is 0.115 e. The van der Waals surface area contributed by atoms with Crippen molar-refractivity contribution >= 4 is 6.08 Å². The Morgan fingerprint density at radius 1 is 1.27 bits per heavy atom. The average Bonchev–Trinajstić information content (AvgIpc) is 2.04. The van der Waals surface area contributed by atoms with Gasteiger partial charge in [-0.2, -0.15) is 0 Å². The summed E-state index contributed by atoms with van der Waals surface area (Å²) >= 11 is 0. The predicted molar refractivity (Wildman–Crippen MR) is 45.0 cm³/mol. The molecule has 0 radical (unpaired) electrons. The second kappa shape index (κ2) is 3.78. The van der Waals surface area contributed by atoms with Crippen molar-refractivity contribution in [3.63, 3.8) is 0 Å².